The molecule has 132 valence electrons. The van der Waals surface area contributed by atoms with Crippen molar-refractivity contribution < 1.29 is 4.57 Å². The fourth-order valence-corrected chi connectivity index (χ4v) is 6.75. The summed E-state index contributed by atoms with van der Waals surface area (Å²) in [6, 6.07) is 21.1. The van der Waals surface area contributed by atoms with Gasteiger partial charge in [0.15, 0.2) is 0 Å². The van der Waals surface area contributed by atoms with E-state index < -0.39 is 7.59 Å². The predicted octanol–water partition coefficient (Wildman–Crippen LogP) is 4.38. The molecule has 2 N–H and O–H groups in total. The van der Waals surface area contributed by atoms with Crippen molar-refractivity contribution in [2.45, 2.75) is 50.9 Å². The molecular weight excluding hydrogens is 329 g/mol. The van der Waals surface area contributed by atoms with E-state index in [1.165, 1.54) is 24.0 Å². The number of hydrogen-bond acceptors (Lipinski definition) is 1. The molecule has 1 aliphatic heterocycles. The van der Waals surface area contributed by atoms with E-state index in [0.717, 1.165) is 12.8 Å². The second-order valence-electron chi connectivity index (χ2n) is 7.17. The van der Waals surface area contributed by atoms with Gasteiger partial charge in [-0.3, -0.25) is 10.1 Å². The number of fused-ring (bicyclic) bond motifs is 1. The molecule has 0 bridgehead atoms. The van der Waals surface area contributed by atoms with Crippen molar-refractivity contribution in [3.05, 3.63) is 71.8 Å². The minimum atomic E-state index is -3.03. The zero-order chi connectivity index (χ0) is 17.3. The number of benzene rings is 2. The van der Waals surface area contributed by atoms with Crippen LogP contribution in [0.25, 0.3) is 0 Å². The van der Waals surface area contributed by atoms with Crippen LogP contribution >= 0.6 is 7.59 Å². The summed E-state index contributed by atoms with van der Waals surface area (Å²) in [5.41, 5.74) is 8.89. The van der Waals surface area contributed by atoms with Crippen LogP contribution in [0.1, 0.15) is 36.8 Å². The third-order valence-electron chi connectivity index (χ3n) is 5.57. The highest BCUT2D eigenvalue weighted by Crippen LogP contribution is 2.59. The lowest BCUT2D eigenvalue weighted by molar-refractivity contribution is 0.197. The van der Waals surface area contributed by atoms with E-state index in [9.17, 15) is 4.57 Å². The SMILES string of the molecule is NP1(=O)N(Cc2ccccc2)[C@H]2CCCC[C@@H]2N1Cc1ccccc1. The van der Waals surface area contributed by atoms with E-state index in [2.05, 4.69) is 33.6 Å². The summed E-state index contributed by atoms with van der Waals surface area (Å²) in [7, 11) is -3.03. The molecule has 0 amide bonds. The molecule has 4 rings (SSSR count). The topological polar surface area (TPSA) is 49.6 Å². The van der Waals surface area contributed by atoms with E-state index in [1.807, 2.05) is 36.4 Å². The van der Waals surface area contributed by atoms with Gasteiger partial charge in [-0.15, -0.1) is 0 Å². The lowest BCUT2D eigenvalue weighted by Crippen LogP contribution is -2.39. The Morgan fingerprint density at radius 1 is 0.800 bits per heavy atom. The zero-order valence-electron chi connectivity index (χ0n) is 14.5. The number of hydrogen-bond donors (Lipinski definition) is 1. The molecule has 0 unspecified atom stereocenters. The van der Waals surface area contributed by atoms with Crippen LogP contribution in [0.2, 0.25) is 0 Å². The van der Waals surface area contributed by atoms with Crippen LogP contribution in [0.15, 0.2) is 60.7 Å². The minimum Gasteiger partial charge on any atom is -0.271 e. The van der Waals surface area contributed by atoms with Gasteiger partial charge in [-0.2, -0.15) is 0 Å². The first-order valence-corrected chi connectivity index (χ1v) is 10.8. The standard InChI is InChI=1S/C20H26N3OP/c21-25(24)22(15-17-9-3-1-4-10-17)19-13-7-8-14-20(19)23(25)16-18-11-5-2-6-12-18/h1-6,9-12,19-20H,7-8,13-16H2,(H2,21,24)/t19-,20-/m0/s1. The third kappa shape index (κ3) is 3.32. The van der Waals surface area contributed by atoms with Crippen LogP contribution in [0, 0.1) is 0 Å². The average Bonchev–Trinajstić information content (AvgIpc) is 2.85. The predicted molar refractivity (Wildman–Crippen MR) is 102 cm³/mol. The Labute approximate surface area is 150 Å². The molecule has 2 aliphatic rings. The van der Waals surface area contributed by atoms with E-state index >= 15 is 0 Å². The maximum Gasteiger partial charge on any atom is 0.282 e. The summed E-state index contributed by atoms with van der Waals surface area (Å²) in [6.07, 6.45) is 4.57. The van der Waals surface area contributed by atoms with Crippen molar-refractivity contribution in [1.29, 1.82) is 0 Å². The lowest BCUT2D eigenvalue weighted by atomic mass is 9.90. The van der Waals surface area contributed by atoms with Gasteiger partial charge in [0.2, 0.25) is 0 Å². The van der Waals surface area contributed by atoms with Crippen molar-refractivity contribution in [3.8, 4) is 0 Å². The maximum absolute atomic E-state index is 13.7. The molecule has 2 aromatic carbocycles. The third-order valence-corrected chi connectivity index (χ3v) is 7.92. The number of rotatable bonds is 4. The Hall–Kier alpha value is -1.45. The van der Waals surface area contributed by atoms with Gasteiger partial charge in [-0.05, 0) is 24.0 Å². The molecule has 25 heavy (non-hydrogen) atoms. The van der Waals surface area contributed by atoms with Gasteiger partial charge in [0.05, 0.1) is 0 Å². The van der Waals surface area contributed by atoms with Gasteiger partial charge in [-0.25, -0.2) is 9.34 Å². The van der Waals surface area contributed by atoms with Gasteiger partial charge >= 0.3 is 0 Å². The summed E-state index contributed by atoms with van der Waals surface area (Å²) >= 11 is 0. The smallest absolute Gasteiger partial charge is 0.271 e. The van der Waals surface area contributed by atoms with Crippen molar-refractivity contribution in [2.75, 3.05) is 0 Å². The van der Waals surface area contributed by atoms with Gasteiger partial charge in [0, 0.05) is 25.2 Å². The van der Waals surface area contributed by atoms with Crippen molar-refractivity contribution >= 4 is 7.59 Å². The number of nitrogens with zero attached hydrogens (tertiary/aromatic N) is 2. The van der Waals surface area contributed by atoms with Gasteiger partial charge in [0.25, 0.3) is 7.59 Å². The lowest BCUT2D eigenvalue weighted by Gasteiger charge is -2.31. The highest BCUT2D eigenvalue weighted by Gasteiger charge is 2.52. The Morgan fingerprint density at radius 3 is 1.60 bits per heavy atom. The molecular formula is C20H26N3OP. The van der Waals surface area contributed by atoms with Crippen LogP contribution in [0.3, 0.4) is 0 Å². The second kappa shape index (κ2) is 7.05. The largest absolute Gasteiger partial charge is 0.282 e. The van der Waals surface area contributed by atoms with E-state index in [1.54, 1.807) is 0 Å². The van der Waals surface area contributed by atoms with Crippen LogP contribution in [0.4, 0.5) is 0 Å². The molecule has 1 saturated heterocycles. The monoisotopic (exact) mass is 355 g/mol. The van der Waals surface area contributed by atoms with Crippen molar-refractivity contribution in [2.24, 2.45) is 5.50 Å². The fourth-order valence-electron chi connectivity index (χ4n) is 4.34. The van der Waals surface area contributed by atoms with Crippen LogP contribution in [-0.4, -0.2) is 21.4 Å². The van der Waals surface area contributed by atoms with Crippen molar-refractivity contribution in [1.82, 2.24) is 9.34 Å². The van der Waals surface area contributed by atoms with Crippen molar-refractivity contribution in [3.63, 3.8) is 0 Å². The quantitative estimate of drug-likeness (QED) is 0.827. The highest BCUT2D eigenvalue weighted by molar-refractivity contribution is 7.56. The molecule has 2 atom stereocenters. The normalized spacial score (nSPS) is 26.4. The molecule has 0 radical (unpaired) electrons. The van der Waals surface area contributed by atoms with Crippen LogP contribution in [-0.2, 0) is 17.7 Å². The van der Waals surface area contributed by atoms with Crippen LogP contribution in [0.5, 0.6) is 0 Å². The highest BCUT2D eigenvalue weighted by atomic mass is 31.2. The average molecular weight is 355 g/mol. The number of nitrogens with two attached hydrogens (primary N) is 1. The summed E-state index contributed by atoms with van der Waals surface area (Å²) in [5.74, 6) is 0. The first-order valence-electron chi connectivity index (χ1n) is 9.17. The molecule has 2 fully saturated rings. The Bertz CT molecular complexity index is 691. The summed E-state index contributed by atoms with van der Waals surface area (Å²) in [6.45, 7) is 1.34. The van der Waals surface area contributed by atoms with Crippen LogP contribution < -0.4 is 5.50 Å². The van der Waals surface area contributed by atoms with E-state index in [4.69, 9.17) is 5.50 Å². The van der Waals surface area contributed by atoms with Gasteiger partial charge in [-0.1, -0.05) is 73.5 Å². The Morgan fingerprint density at radius 2 is 1.20 bits per heavy atom. The van der Waals surface area contributed by atoms with Gasteiger partial charge in [0.1, 0.15) is 0 Å². The molecule has 4 nitrogen and oxygen atoms in total. The molecule has 1 aliphatic carbocycles. The first-order chi connectivity index (χ1) is 12.2. The van der Waals surface area contributed by atoms with E-state index in [-0.39, 0.29) is 0 Å². The molecule has 1 saturated carbocycles. The van der Waals surface area contributed by atoms with E-state index in [0.29, 0.717) is 25.2 Å². The zero-order valence-corrected chi connectivity index (χ0v) is 15.4. The molecule has 1 heterocycles. The first kappa shape index (κ1) is 17.0. The summed E-state index contributed by atoms with van der Waals surface area (Å²) in [4.78, 5) is 0. The molecule has 0 aromatic heterocycles. The summed E-state index contributed by atoms with van der Waals surface area (Å²) in [5, 5.41) is 0. The molecule has 0 spiro atoms. The minimum absolute atomic E-state index is 0.300. The maximum atomic E-state index is 13.7. The van der Waals surface area contributed by atoms with Gasteiger partial charge < -0.3 is 0 Å². The molecule has 2 aromatic rings. The molecule has 5 heteroatoms. The Kier molecular flexibility index (Phi) is 4.79. The fraction of sp³-hybridized carbons (Fsp3) is 0.400. The summed E-state index contributed by atoms with van der Waals surface area (Å²) < 4.78 is 17.9. The Balaban J connectivity index is 1.64. The second-order valence-corrected chi connectivity index (χ2v) is 9.38.